The van der Waals surface area contributed by atoms with Crippen LogP contribution in [-0.4, -0.2) is 22.9 Å². The summed E-state index contributed by atoms with van der Waals surface area (Å²) in [5.74, 6) is -0.0185. The molecule has 0 spiro atoms. The first-order valence-electron chi connectivity index (χ1n) is 4.86. The molecule has 0 atom stereocenters. The van der Waals surface area contributed by atoms with Crippen LogP contribution >= 0.6 is 0 Å². The third-order valence-electron chi connectivity index (χ3n) is 1.93. The molecule has 0 aromatic heterocycles. The lowest BCUT2D eigenvalue weighted by atomic mass is 10.1. The molecule has 2 nitrogen and oxygen atoms in total. The first-order valence-corrected chi connectivity index (χ1v) is 4.86. The van der Waals surface area contributed by atoms with Gasteiger partial charge in [-0.05, 0) is 40.7 Å². The Morgan fingerprint density at radius 1 is 1.36 bits per heavy atom. The summed E-state index contributed by atoms with van der Waals surface area (Å²) >= 11 is 0. The number of hydrogen-bond acceptors (Lipinski definition) is 1. The smallest absolute Gasteiger partial charge is 0.246 e. The van der Waals surface area contributed by atoms with Crippen LogP contribution in [0.1, 0.15) is 34.6 Å². The second kappa shape index (κ2) is 4.99. The molecule has 0 heterocycles. The first kappa shape index (κ1) is 12.9. The van der Waals surface area contributed by atoms with Gasteiger partial charge in [0.05, 0.1) is 0 Å². The molecule has 0 aromatic carbocycles. The van der Waals surface area contributed by atoms with E-state index in [4.69, 9.17) is 0 Å². The Bertz CT molecular complexity index is 242. The number of rotatable bonds is 3. The van der Waals surface area contributed by atoms with E-state index in [0.29, 0.717) is 6.54 Å². The maximum Gasteiger partial charge on any atom is 0.246 e. The number of carbonyl (C=O) groups excluding carboxylic acids is 1. The molecule has 0 aliphatic rings. The number of carbonyl (C=O) groups is 1. The summed E-state index contributed by atoms with van der Waals surface area (Å²) in [6.45, 7) is 14.3. The lowest BCUT2D eigenvalue weighted by Crippen LogP contribution is -2.44. The van der Waals surface area contributed by atoms with Crippen molar-refractivity contribution in [1.82, 2.24) is 4.90 Å². The zero-order chi connectivity index (χ0) is 11.4. The second-order valence-corrected chi connectivity index (χ2v) is 4.61. The Labute approximate surface area is 87.3 Å². The summed E-state index contributed by atoms with van der Waals surface area (Å²) in [5.41, 5.74) is 1.06. The molecule has 0 saturated heterocycles. The van der Waals surface area contributed by atoms with E-state index < -0.39 is 0 Å². The Balaban J connectivity index is 4.66. The lowest BCUT2D eigenvalue weighted by Gasteiger charge is -2.34. The summed E-state index contributed by atoms with van der Waals surface area (Å²) in [4.78, 5) is 13.3. The van der Waals surface area contributed by atoms with E-state index in [-0.39, 0.29) is 11.4 Å². The minimum atomic E-state index is -0.156. The van der Waals surface area contributed by atoms with Gasteiger partial charge in [0.1, 0.15) is 0 Å². The third kappa shape index (κ3) is 4.26. The van der Waals surface area contributed by atoms with Crippen LogP contribution < -0.4 is 0 Å². The van der Waals surface area contributed by atoms with Crippen molar-refractivity contribution in [3.63, 3.8) is 0 Å². The van der Waals surface area contributed by atoms with Crippen molar-refractivity contribution in [2.45, 2.75) is 40.2 Å². The third-order valence-corrected chi connectivity index (χ3v) is 1.93. The Morgan fingerprint density at radius 3 is 2.14 bits per heavy atom. The summed E-state index contributed by atoms with van der Waals surface area (Å²) in [6.07, 6.45) is 3.41. The van der Waals surface area contributed by atoms with Crippen LogP contribution in [0.2, 0.25) is 0 Å². The van der Waals surface area contributed by atoms with E-state index in [9.17, 15) is 4.79 Å². The van der Waals surface area contributed by atoms with Crippen molar-refractivity contribution in [3.8, 4) is 0 Å². The van der Waals surface area contributed by atoms with Gasteiger partial charge in [-0.1, -0.05) is 18.2 Å². The van der Waals surface area contributed by atoms with E-state index >= 15 is 0 Å². The molecule has 0 rings (SSSR count). The highest BCUT2D eigenvalue weighted by Gasteiger charge is 2.23. The van der Waals surface area contributed by atoms with Gasteiger partial charge < -0.3 is 4.90 Å². The van der Waals surface area contributed by atoms with Gasteiger partial charge in [0.25, 0.3) is 0 Å². The summed E-state index contributed by atoms with van der Waals surface area (Å²) in [6, 6.07) is 0. The van der Waals surface area contributed by atoms with Crippen molar-refractivity contribution in [3.05, 3.63) is 24.3 Å². The average molecular weight is 195 g/mol. The lowest BCUT2D eigenvalue weighted by molar-refractivity contribution is -0.129. The molecular formula is C12H21NO. The van der Waals surface area contributed by atoms with Gasteiger partial charge in [0.15, 0.2) is 0 Å². The van der Waals surface area contributed by atoms with E-state index in [2.05, 4.69) is 6.58 Å². The molecule has 80 valence electrons. The minimum absolute atomic E-state index is 0.0185. The zero-order valence-corrected chi connectivity index (χ0v) is 9.92. The van der Waals surface area contributed by atoms with Gasteiger partial charge in [-0.15, -0.1) is 0 Å². The Kier molecular flexibility index (Phi) is 4.61. The van der Waals surface area contributed by atoms with Crippen LogP contribution in [0.15, 0.2) is 24.3 Å². The molecule has 0 saturated carbocycles. The number of hydrogen-bond donors (Lipinski definition) is 0. The Hall–Kier alpha value is -1.05. The monoisotopic (exact) mass is 195 g/mol. The molecule has 0 aliphatic carbocycles. The molecule has 0 bridgehead atoms. The number of amides is 1. The molecule has 0 unspecified atom stereocenters. The van der Waals surface area contributed by atoms with Gasteiger partial charge in [0, 0.05) is 12.1 Å². The van der Waals surface area contributed by atoms with Crippen molar-refractivity contribution in [2.75, 3.05) is 6.54 Å². The summed E-state index contributed by atoms with van der Waals surface area (Å²) in [5, 5.41) is 0. The van der Waals surface area contributed by atoms with Crippen LogP contribution in [0.25, 0.3) is 0 Å². The maximum atomic E-state index is 11.5. The highest BCUT2D eigenvalue weighted by molar-refractivity contribution is 5.87. The Morgan fingerprint density at radius 2 is 1.86 bits per heavy atom. The van der Waals surface area contributed by atoms with Gasteiger partial charge in [-0.3, -0.25) is 4.79 Å². The fraction of sp³-hybridized carbons (Fsp3) is 0.583. The zero-order valence-electron chi connectivity index (χ0n) is 9.92. The van der Waals surface area contributed by atoms with Crippen LogP contribution in [0, 0.1) is 0 Å². The largest absolute Gasteiger partial charge is 0.331 e. The molecule has 0 fully saturated rings. The van der Waals surface area contributed by atoms with Crippen LogP contribution in [0.3, 0.4) is 0 Å². The molecule has 1 amide bonds. The molecule has 0 radical (unpaired) electrons. The standard InChI is InChI=1S/C12H21NO/c1-7-11(14)13(12(4,5)6)9-8-10(2)3/h7-8H,1,9H2,2-6H3. The first-order chi connectivity index (χ1) is 6.29. The predicted octanol–water partition coefficient (Wildman–Crippen LogP) is 2.77. The van der Waals surface area contributed by atoms with Gasteiger partial charge in [0.2, 0.25) is 5.91 Å². The molecule has 14 heavy (non-hydrogen) atoms. The van der Waals surface area contributed by atoms with Crippen LogP contribution in [0.5, 0.6) is 0 Å². The van der Waals surface area contributed by atoms with Gasteiger partial charge in [-0.25, -0.2) is 0 Å². The van der Waals surface area contributed by atoms with Crippen molar-refractivity contribution < 1.29 is 4.79 Å². The van der Waals surface area contributed by atoms with E-state index in [1.165, 1.54) is 11.6 Å². The average Bonchev–Trinajstić information content (AvgIpc) is 2.01. The summed E-state index contributed by atoms with van der Waals surface area (Å²) < 4.78 is 0. The van der Waals surface area contributed by atoms with E-state index in [1.54, 1.807) is 4.90 Å². The topological polar surface area (TPSA) is 20.3 Å². The second-order valence-electron chi connectivity index (χ2n) is 4.61. The fourth-order valence-electron chi connectivity index (χ4n) is 1.08. The highest BCUT2D eigenvalue weighted by Crippen LogP contribution is 2.14. The fourth-order valence-corrected chi connectivity index (χ4v) is 1.08. The molecular weight excluding hydrogens is 174 g/mol. The van der Waals surface area contributed by atoms with Gasteiger partial charge in [-0.2, -0.15) is 0 Å². The predicted molar refractivity (Wildman–Crippen MR) is 61.1 cm³/mol. The highest BCUT2D eigenvalue weighted by atomic mass is 16.2. The van der Waals surface area contributed by atoms with Crippen molar-refractivity contribution in [1.29, 1.82) is 0 Å². The molecule has 0 N–H and O–H groups in total. The summed E-state index contributed by atoms with van der Waals surface area (Å²) in [7, 11) is 0. The molecule has 0 aromatic rings. The minimum Gasteiger partial charge on any atom is -0.331 e. The number of allylic oxidation sites excluding steroid dienone is 1. The SMILES string of the molecule is C=CC(=O)N(CC=C(C)C)C(C)(C)C. The van der Waals surface area contributed by atoms with Crippen LogP contribution in [0.4, 0.5) is 0 Å². The van der Waals surface area contributed by atoms with Crippen molar-refractivity contribution in [2.24, 2.45) is 0 Å². The normalized spacial score (nSPS) is 10.6. The molecule has 2 heteroatoms. The van der Waals surface area contributed by atoms with Gasteiger partial charge >= 0.3 is 0 Å². The van der Waals surface area contributed by atoms with E-state index in [1.807, 2.05) is 40.7 Å². The van der Waals surface area contributed by atoms with E-state index in [0.717, 1.165) is 0 Å². The van der Waals surface area contributed by atoms with Crippen LogP contribution in [-0.2, 0) is 4.79 Å². The van der Waals surface area contributed by atoms with Crippen molar-refractivity contribution >= 4 is 5.91 Å². The molecule has 0 aliphatic heterocycles. The quantitative estimate of drug-likeness (QED) is 0.501. The number of nitrogens with zero attached hydrogens (tertiary/aromatic N) is 1. The maximum absolute atomic E-state index is 11.5.